The summed E-state index contributed by atoms with van der Waals surface area (Å²) in [5, 5.41) is 11.4. The van der Waals surface area contributed by atoms with Gasteiger partial charge < -0.3 is 15.4 Å². The normalized spacial score (nSPS) is 10.4. The van der Waals surface area contributed by atoms with Crippen LogP contribution in [0.1, 0.15) is 25.3 Å². The van der Waals surface area contributed by atoms with Crippen molar-refractivity contribution in [2.75, 3.05) is 17.2 Å². The average Bonchev–Trinajstić information content (AvgIpc) is 2.60. The maximum Gasteiger partial charge on any atom is 0.334 e. The summed E-state index contributed by atoms with van der Waals surface area (Å²) in [5.74, 6) is -0.125. The van der Waals surface area contributed by atoms with E-state index >= 15 is 0 Å². The molecule has 0 aliphatic rings. The van der Waals surface area contributed by atoms with E-state index in [2.05, 4.69) is 27.6 Å². The number of benzene rings is 1. The maximum atomic E-state index is 11.6. The quantitative estimate of drug-likeness (QED) is 0.197. The Morgan fingerprint density at radius 1 is 1.38 bits per heavy atom. The van der Waals surface area contributed by atoms with Crippen molar-refractivity contribution in [1.82, 2.24) is 4.98 Å². The Labute approximate surface area is 164 Å². The molecule has 0 fully saturated rings. The van der Waals surface area contributed by atoms with Crippen LogP contribution < -0.4 is 15.4 Å². The monoisotopic (exact) mass is 470 g/mol. The zero-order valence-electron chi connectivity index (χ0n) is 14.2. The van der Waals surface area contributed by atoms with Crippen molar-refractivity contribution in [2.45, 2.75) is 26.3 Å². The van der Waals surface area contributed by atoms with Crippen molar-refractivity contribution in [2.24, 2.45) is 0 Å². The lowest BCUT2D eigenvalue weighted by atomic mass is 10.2. The molecule has 1 aromatic carbocycles. The van der Waals surface area contributed by atoms with Gasteiger partial charge in [0.2, 0.25) is 18.1 Å². The average molecular weight is 470 g/mol. The van der Waals surface area contributed by atoms with Gasteiger partial charge in [0.05, 0.1) is 18.1 Å². The van der Waals surface area contributed by atoms with Crippen LogP contribution in [0.25, 0.3) is 0 Å². The molecule has 1 heterocycles. The Morgan fingerprint density at radius 2 is 2.08 bits per heavy atom. The Morgan fingerprint density at radius 3 is 2.65 bits per heavy atom. The molecule has 0 radical (unpaired) electrons. The van der Waals surface area contributed by atoms with Crippen LogP contribution in [0.4, 0.5) is 17.2 Å². The highest BCUT2D eigenvalue weighted by molar-refractivity contribution is 14.1. The van der Waals surface area contributed by atoms with Crippen molar-refractivity contribution in [3.05, 3.63) is 49.6 Å². The molecule has 2 N–H and O–H groups in total. The number of hydrogen-bond acceptors (Lipinski definition) is 6. The lowest BCUT2D eigenvalue weighted by molar-refractivity contribution is -0.383. The third-order valence-corrected chi connectivity index (χ3v) is 4.33. The van der Waals surface area contributed by atoms with Gasteiger partial charge in [-0.2, -0.15) is 4.98 Å². The Bertz CT molecular complexity index is 783. The molecule has 0 bridgehead atoms. The fourth-order valence-electron chi connectivity index (χ4n) is 2.29. The van der Waals surface area contributed by atoms with Crippen molar-refractivity contribution in [3.8, 4) is 5.88 Å². The van der Waals surface area contributed by atoms with Crippen LogP contribution in [0.15, 0.2) is 30.3 Å². The summed E-state index contributed by atoms with van der Waals surface area (Å²) in [6.07, 6.45) is 2.28. The highest BCUT2D eigenvalue weighted by Gasteiger charge is 2.26. The minimum absolute atomic E-state index is 0.0579. The van der Waals surface area contributed by atoms with Gasteiger partial charge in [0.25, 0.3) is 0 Å². The second kappa shape index (κ2) is 9.32. The molecule has 1 aromatic heterocycles. The zero-order chi connectivity index (χ0) is 19.1. The largest absolute Gasteiger partial charge is 0.478 e. The predicted octanol–water partition coefficient (Wildman–Crippen LogP) is 3.52. The first-order chi connectivity index (χ1) is 12.5. The van der Waals surface area contributed by atoms with Crippen molar-refractivity contribution in [3.63, 3.8) is 0 Å². The van der Waals surface area contributed by atoms with E-state index in [0.29, 0.717) is 13.0 Å². The van der Waals surface area contributed by atoms with Crippen LogP contribution in [0.3, 0.4) is 0 Å². The van der Waals surface area contributed by atoms with Crippen LogP contribution in [-0.4, -0.2) is 22.9 Å². The van der Waals surface area contributed by atoms with Crippen molar-refractivity contribution >= 4 is 46.2 Å². The Balaban J connectivity index is 2.39. The molecule has 0 aliphatic heterocycles. The molecule has 26 heavy (non-hydrogen) atoms. The van der Waals surface area contributed by atoms with Gasteiger partial charge in [-0.05, 0) is 46.7 Å². The summed E-state index contributed by atoms with van der Waals surface area (Å²) in [6, 6.07) is 8.88. The molecule has 0 saturated carbocycles. The molecular weight excluding hydrogens is 451 g/mol. The number of aromatic nitrogens is 1. The molecule has 0 spiro atoms. The third kappa shape index (κ3) is 5.04. The van der Waals surface area contributed by atoms with Gasteiger partial charge in [-0.3, -0.25) is 14.9 Å². The minimum atomic E-state index is -0.641. The van der Waals surface area contributed by atoms with Crippen LogP contribution in [0.2, 0.25) is 0 Å². The van der Waals surface area contributed by atoms with Gasteiger partial charge in [0.15, 0.2) is 0 Å². The van der Waals surface area contributed by atoms with Gasteiger partial charge in [-0.25, -0.2) is 0 Å². The van der Waals surface area contributed by atoms with Crippen LogP contribution in [0.5, 0.6) is 5.88 Å². The maximum absolute atomic E-state index is 11.6. The van der Waals surface area contributed by atoms with Crippen molar-refractivity contribution < 1.29 is 14.5 Å². The third-order valence-electron chi connectivity index (χ3n) is 3.61. The number of anilines is 2. The lowest BCUT2D eigenvalue weighted by Gasteiger charge is -2.19. The van der Waals surface area contributed by atoms with E-state index in [4.69, 9.17) is 10.5 Å². The predicted molar refractivity (Wildman–Crippen MR) is 107 cm³/mol. The molecule has 9 heteroatoms. The number of nitrogens with zero attached hydrogens (tertiary/aromatic N) is 3. The number of halogens is 1. The highest BCUT2D eigenvalue weighted by atomic mass is 127. The second-order valence-electron chi connectivity index (χ2n) is 5.53. The molecule has 8 nitrogen and oxygen atoms in total. The summed E-state index contributed by atoms with van der Waals surface area (Å²) >= 11 is 2.18. The number of nitrogen functional groups attached to an aromatic ring is 1. The second-order valence-corrected chi connectivity index (χ2v) is 6.78. The molecule has 138 valence electrons. The van der Waals surface area contributed by atoms with E-state index in [1.165, 1.54) is 11.0 Å². The number of pyridine rings is 1. The number of carbonyl (C=O) groups is 1. The van der Waals surface area contributed by atoms with E-state index in [0.717, 1.165) is 22.0 Å². The first kappa shape index (κ1) is 19.9. The molecule has 2 aromatic rings. The fourth-order valence-corrected chi connectivity index (χ4v) is 2.65. The highest BCUT2D eigenvalue weighted by Crippen LogP contribution is 2.36. The number of nitrogens with two attached hydrogens (primary N) is 1. The topological polar surface area (TPSA) is 112 Å². The van der Waals surface area contributed by atoms with E-state index in [1.807, 2.05) is 31.2 Å². The lowest BCUT2D eigenvalue weighted by Crippen LogP contribution is -2.22. The van der Waals surface area contributed by atoms with Gasteiger partial charge in [0, 0.05) is 9.64 Å². The summed E-state index contributed by atoms with van der Waals surface area (Å²) in [7, 11) is 0. The summed E-state index contributed by atoms with van der Waals surface area (Å²) < 4.78 is 6.56. The smallest absolute Gasteiger partial charge is 0.334 e. The summed E-state index contributed by atoms with van der Waals surface area (Å²) in [4.78, 5) is 27.6. The van der Waals surface area contributed by atoms with Crippen LogP contribution in [-0.2, 0) is 11.3 Å². The number of ether oxygens (including phenoxy) is 1. The number of amides is 1. The Kier molecular flexibility index (Phi) is 7.13. The first-order valence-electron chi connectivity index (χ1n) is 8.00. The minimum Gasteiger partial charge on any atom is -0.478 e. The Hall–Kier alpha value is -2.43. The number of hydrogen-bond donors (Lipinski definition) is 1. The zero-order valence-corrected chi connectivity index (χ0v) is 16.4. The SMILES string of the molecule is CCCCOc1cc(N(C=O)Cc2ccc(I)cc2)c([N+](=O)[O-])c(N)n1. The van der Waals surface area contributed by atoms with Crippen molar-refractivity contribution in [1.29, 1.82) is 0 Å². The molecular formula is C17H19IN4O4. The van der Waals surface area contributed by atoms with E-state index < -0.39 is 10.6 Å². The number of unbranched alkanes of at least 4 members (excludes halogenated alkanes) is 1. The number of carbonyl (C=O) groups excluding carboxylic acids is 1. The van der Waals surface area contributed by atoms with Gasteiger partial charge in [-0.1, -0.05) is 25.5 Å². The first-order valence-corrected chi connectivity index (χ1v) is 9.08. The van der Waals surface area contributed by atoms with Crippen LogP contribution in [0, 0.1) is 13.7 Å². The molecule has 0 atom stereocenters. The molecule has 0 aliphatic carbocycles. The van der Waals surface area contributed by atoms with E-state index in [1.54, 1.807) is 0 Å². The summed E-state index contributed by atoms with van der Waals surface area (Å²) in [6.45, 7) is 2.60. The van der Waals surface area contributed by atoms with Gasteiger partial charge in [0.1, 0.15) is 5.69 Å². The van der Waals surface area contributed by atoms with Gasteiger partial charge in [-0.15, -0.1) is 0 Å². The van der Waals surface area contributed by atoms with E-state index in [-0.39, 0.29) is 23.9 Å². The van der Waals surface area contributed by atoms with Gasteiger partial charge >= 0.3 is 5.69 Å². The fraction of sp³-hybridized carbons (Fsp3) is 0.294. The number of nitro groups is 1. The number of rotatable bonds is 9. The molecule has 0 unspecified atom stereocenters. The molecule has 0 saturated heterocycles. The standard InChI is InChI=1S/C17H19IN4O4/c1-2-3-8-26-15-9-14(16(22(24)25)17(19)20-15)21(11-23)10-12-4-6-13(18)7-5-12/h4-7,9,11H,2-3,8,10H2,1H3,(H2,19,20). The van der Waals surface area contributed by atoms with Crippen LogP contribution >= 0.6 is 22.6 Å². The molecule has 1 amide bonds. The van der Waals surface area contributed by atoms with E-state index in [9.17, 15) is 14.9 Å². The summed E-state index contributed by atoms with van der Waals surface area (Å²) in [5.41, 5.74) is 6.23. The molecule has 2 rings (SSSR count).